The maximum atomic E-state index is 5.77. The molecule has 0 N–H and O–H groups in total. The molecule has 1 aromatic rings. The molecule has 0 saturated heterocycles. The number of hydrogen-bond acceptors (Lipinski definition) is 1. The molecular weight excluding hydrogens is 255 g/mol. The maximum absolute atomic E-state index is 5.77. The van der Waals surface area contributed by atoms with Gasteiger partial charge in [-0.1, -0.05) is 17.7 Å². The molecule has 0 bridgehead atoms. The van der Waals surface area contributed by atoms with Crippen molar-refractivity contribution < 1.29 is 0 Å². The Labute approximate surface area is 81.5 Å². The molecule has 0 saturated carbocycles. The molecule has 0 aliphatic carbocycles. The second-order valence-electron chi connectivity index (χ2n) is 1.63. The van der Waals surface area contributed by atoms with Crippen molar-refractivity contribution in [2.75, 3.05) is 0 Å². The van der Waals surface area contributed by atoms with Crippen LogP contribution in [0.25, 0.3) is 0 Å². The fourth-order valence-corrected chi connectivity index (χ4v) is 2.25. The SMILES string of the molecule is ClSc1cccc(Cl)c1Br. The molecule has 0 aliphatic rings. The van der Waals surface area contributed by atoms with Crippen LogP contribution in [0, 0.1) is 0 Å². The largest absolute Gasteiger partial charge is 0.0831 e. The Bertz CT molecular complexity index is 239. The quantitative estimate of drug-likeness (QED) is 0.721. The number of halogens is 3. The van der Waals surface area contributed by atoms with Crippen LogP contribution in [-0.2, 0) is 0 Å². The molecule has 0 aliphatic heterocycles. The van der Waals surface area contributed by atoms with E-state index in [0.717, 1.165) is 20.3 Å². The summed E-state index contributed by atoms with van der Waals surface area (Å²) in [7, 11) is 6.68. The second kappa shape index (κ2) is 3.86. The van der Waals surface area contributed by atoms with Gasteiger partial charge in [0.1, 0.15) is 0 Å². The summed E-state index contributed by atoms with van der Waals surface area (Å²) in [6.07, 6.45) is 0. The van der Waals surface area contributed by atoms with Crippen LogP contribution < -0.4 is 0 Å². The zero-order valence-electron chi connectivity index (χ0n) is 4.77. The molecule has 10 heavy (non-hydrogen) atoms. The predicted molar refractivity (Wildman–Crippen MR) is 50.9 cm³/mol. The lowest BCUT2D eigenvalue weighted by molar-refractivity contribution is 1.42. The Morgan fingerprint density at radius 2 is 2.10 bits per heavy atom. The molecule has 0 aromatic heterocycles. The fourth-order valence-electron chi connectivity index (χ4n) is 0.544. The molecule has 0 nitrogen and oxygen atoms in total. The van der Waals surface area contributed by atoms with Gasteiger partial charge in [-0.15, -0.1) is 0 Å². The molecule has 0 atom stereocenters. The third-order valence-electron chi connectivity index (χ3n) is 0.999. The van der Waals surface area contributed by atoms with E-state index in [1.807, 2.05) is 18.2 Å². The second-order valence-corrected chi connectivity index (χ2v) is 3.89. The van der Waals surface area contributed by atoms with Crippen molar-refractivity contribution in [1.29, 1.82) is 0 Å². The van der Waals surface area contributed by atoms with Crippen LogP contribution in [-0.4, -0.2) is 0 Å². The Balaban J connectivity index is 3.14. The maximum Gasteiger partial charge on any atom is 0.0559 e. The molecule has 1 rings (SSSR count). The summed E-state index contributed by atoms with van der Waals surface area (Å²) in [5.74, 6) is 0. The van der Waals surface area contributed by atoms with E-state index in [2.05, 4.69) is 15.9 Å². The molecule has 4 heteroatoms. The summed E-state index contributed by atoms with van der Waals surface area (Å²) >= 11 is 9.08. The lowest BCUT2D eigenvalue weighted by Gasteiger charge is -1.98. The van der Waals surface area contributed by atoms with E-state index < -0.39 is 0 Å². The van der Waals surface area contributed by atoms with E-state index in [9.17, 15) is 0 Å². The van der Waals surface area contributed by atoms with Crippen LogP contribution in [0.3, 0.4) is 0 Å². The zero-order chi connectivity index (χ0) is 7.56. The van der Waals surface area contributed by atoms with E-state index in [-0.39, 0.29) is 0 Å². The smallest absolute Gasteiger partial charge is 0.0559 e. The van der Waals surface area contributed by atoms with Crippen LogP contribution in [0.15, 0.2) is 27.6 Å². The van der Waals surface area contributed by atoms with Crippen molar-refractivity contribution >= 4 is 49.2 Å². The van der Waals surface area contributed by atoms with E-state index in [1.165, 1.54) is 0 Å². The van der Waals surface area contributed by atoms with Crippen LogP contribution in [0.5, 0.6) is 0 Å². The van der Waals surface area contributed by atoms with Crippen molar-refractivity contribution in [3.8, 4) is 0 Å². The van der Waals surface area contributed by atoms with Gasteiger partial charge in [-0.3, -0.25) is 0 Å². The lowest BCUT2D eigenvalue weighted by Crippen LogP contribution is -1.71. The minimum absolute atomic E-state index is 0.686. The third kappa shape index (κ3) is 1.82. The van der Waals surface area contributed by atoms with Gasteiger partial charge in [0.2, 0.25) is 0 Å². The molecule has 0 heterocycles. The highest BCUT2D eigenvalue weighted by atomic mass is 79.9. The van der Waals surface area contributed by atoms with Crippen molar-refractivity contribution in [3.05, 3.63) is 27.7 Å². The summed E-state index contributed by atoms with van der Waals surface area (Å²) in [5.41, 5.74) is 0. The molecule has 0 radical (unpaired) electrons. The summed E-state index contributed by atoms with van der Waals surface area (Å²) < 4.78 is 0.858. The molecule has 0 amide bonds. The van der Waals surface area contributed by atoms with Crippen LogP contribution in [0.4, 0.5) is 0 Å². The van der Waals surface area contributed by atoms with Crippen molar-refractivity contribution in [1.82, 2.24) is 0 Å². The van der Waals surface area contributed by atoms with E-state index in [0.29, 0.717) is 5.02 Å². The van der Waals surface area contributed by atoms with Crippen LogP contribution >= 0.6 is 49.2 Å². The Morgan fingerprint density at radius 3 is 2.60 bits per heavy atom. The van der Waals surface area contributed by atoms with Crippen LogP contribution in [0.2, 0.25) is 5.02 Å². The minimum atomic E-state index is 0.686. The van der Waals surface area contributed by atoms with Gasteiger partial charge in [0, 0.05) is 4.90 Å². The third-order valence-corrected chi connectivity index (χ3v) is 3.66. The number of hydrogen-bond donors (Lipinski definition) is 0. The molecule has 1 aromatic carbocycles. The minimum Gasteiger partial charge on any atom is -0.0831 e. The Morgan fingerprint density at radius 1 is 1.40 bits per heavy atom. The highest BCUT2D eigenvalue weighted by Gasteiger charge is 2.01. The van der Waals surface area contributed by atoms with E-state index in [4.69, 9.17) is 22.3 Å². The average molecular weight is 258 g/mol. The zero-order valence-corrected chi connectivity index (χ0v) is 8.69. The highest BCUT2D eigenvalue weighted by molar-refractivity contribution is 9.10. The van der Waals surface area contributed by atoms with Gasteiger partial charge >= 0.3 is 0 Å². The predicted octanol–water partition coefficient (Wildman–Crippen LogP) is 4.35. The van der Waals surface area contributed by atoms with Gasteiger partial charge < -0.3 is 0 Å². The molecule has 0 unspecified atom stereocenters. The average Bonchev–Trinajstić information content (AvgIpc) is 1.95. The Hall–Kier alpha value is 0.630. The first-order valence-corrected chi connectivity index (χ1v) is 5.29. The monoisotopic (exact) mass is 256 g/mol. The summed E-state index contributed by atoms with van der Waals surface area (Å²) in [5, 5.41) is 0.686. The van der Waals surface area contributed by atoms with E-state index >= 15 is 0 Å². The normalized spacial score (nSPS) is 9.90. The topological polar surface area (TPSA) is 0 Å². The van der Waals surface area contributed by atoms with Gasteiger partial charge in [-0.05, 0) is 49.7 Å². The van der Waals surface area contributed by atoms with Gasteiger partial charge in [-0.25, -0.2) is 0 Å². The van der Waals surface area contributed by atoms with Gasteiger partial charge in [-0.2, -0.15) is 0 Å². The van der Waals surface area contributed by atoms with Gasteiger partial charge in [0.15, 0.2) is 0 Å². The van der Waals surface area contributed by atoms with Crippen molar-refractivity contribution in [2.24, 2.45) is 0 Å². The summed E-state index contributed by atoms with van der Waals surface area (Å²) in [6.45, 7) is 0. The molecule has 0 fully saturated rings. The first-order chi connectivity index (χ1) is 4.75. The Kier molecular flexibility index (Phi) is 3.37. The molecular formula is C6H3BrCl2S. The highest BCUT2D eigenvalue weighted by Crippen LogP contribution is 2.34. The van der Waals surface area contributed by atoms with E-state index in [1.54, 1.807) is 0 Å². The van der Waals surface area contributed by atoms with Gasteiger partial charge in [0.25, 0.3) is 0 Å². The number of rotatable bonds is 1. The molecule has 0 spiro atoms. The van der Waals surface area contributed by atoms with Crippen LogP contribution in [0.1, 0.15) is 0 Å². The van der Waals surface area contributed by atoms with Crippen molar-refractivity contribution in [2.45, 2.75) is 4.90 Å². The summed E-state index contributed by atoms with van der Waals surface area (Å²) in [4.78, 5) is 0.939. The fraction of sp³-hybridized carbons (Fsp3) is 0. The number of benzene rings is 1. The standard InChI is InChI=1S/C6H3BrCl2S/c7-6-4(8)2-1-3-5(6)10-9/h1-3H. The molecule has 54 valence electrons. The van der Waals surface area contributed by atoms with Crippen molar-refractivity contribution in [3.63, 3.8) is 0 Å². The summed E-state index contributed by atoms with van der Waals surface area (Å²) in [6, 6.07) is 5.56. The lowest BCUT2D eigenvalue weighted by atomic mass is 10.4. The first-order valence-electron chi connectivity index (χ1n) is 2.48. The van der Waals surface area contributed by atoms with Gasteiger partial charge in [0.05, 0.1) is 9.50 Å². The first kappa shape index (κ1) is 8.72.